The SMILES string of the molecule is CC1CCN(C(=O)c2ccc(NC(=O)N3CCC(C(=O)O)C3)cc2)CC1. The molecule has 1 unspecified atom stereocenters. The van der Waals surface area contributed by atoms with Crippen LogP contribution in [-0.2, 0) is 4.79 Å². The first-order valence-electron chi connectivity index (χ1n) is 9.12. The van der Waals surface area contributed by atoms with Crippen LogP contribution >= 0.6 is 0 Å². The molecular formula is C19H25N3O4. The van der Waals surface area contributed by atoms with Gasteiger partial charge in [0.15, 0.2) is 0 Å². The van der Waals surface area contributed by atoms with Gasteiger partial charge >= 0.3 is 12.0 Å². The number of piperidine rings is 1. The summed E-state index contributed by atoms with van der Waals surface area (Å²) in [6.45, 7) is 4.45. The first-order chi connectivity index (χ1) is 12.4. The maximum atomic E-state index is 12.5. The van der Waals surface area contributed by atoms with Gasteiger partial charge in [0.1, 0.15) is 0 Å². The van der Waals surface area contributed by atoms with Gasteiger partial charge in [-0.3, -0.25) is 9.59 Å². The second-order valence-electron chi connectivity index (χ2n) is 7.25. The normalized spacial score (nSPS) is 20.9. The molecule has 0 saturated carbocycles. The van der Waals surface area contributed by atoms with E-state index in [-0.39, 0.29) is 18.5 Å². The molecule has 7 nitrogen and oxygen atoms in total. The van der Waals surface area contributed by atoms with Gasteiger partial charge in [0, 0.05) is 37.4 Å². The first-order valence-corrected chi connectivity index (χ1v) is 9.12. The number of carbonyl (C=O) groups is 3. The molecule has 2 heterocycles. The Bertz CT molecular complexity index is 681. The molecule has 26 heavy (non-hydrogen) atoms. The molecule has 3 rings (SSSR count). The summed E-state index contributed by atoms with van der Waals surface area (Å²) in [4.78, 5) is 39.1. The number of likely N-dealkylation sites (tertiary alicyclic amines) is 2. The van der Waals surface area contributed by atoms with Gasteiger partial charge in [-0.25, -0.2) is 4.79 Å². The lowest BCUT2D eigenvalue weighted by atomic mass is 9.98. The molecule has 2 fully saturated rings. The highest BCUT2D eigenvalue weighted by Gasteiger charge is 2.30. The molecule has 1 aromatic rings. The number of nitrogens with zero attached hydrogens (tertiary/aromatic N) is 2. The molecule has 2 N–H and O–H groups in total. The van der Waals surface area contributed by atoms with Crippen LogP contribution < -0.4 is 5.32 Å². The highest BCUT2D eigenvalue weighted by molar-refractivity contribution is 5.95. The minimum atomic E-state index is -0.865. The number of carboxylic acid groups (broad SMARTS) is 1. The van der Waals surface area contributed by atoms with E-state index in [1.54, 1.807) is 24.3 Å². The number of benzene rings is 1. The fourth-order valence-electron chi connectivity index (χ4n) is 3.44. The van der Waals surface area contributed by atoms with Crippen molar-refractivity contribution in [1.29, 1.82) is 0 Å². The van der Waals surface area contributed by atoms with Gasteiger partial charge in [-0.1, -0.05) is 6.92 Å². The van der Waals surface area contributed by atoms with Crippen LogP contribution in [0, 0.1) is 11.8 Å². The molecule has 0 radical (unpaired) electrons. The predicted molar refractivity (Wildman–Crippen MR) is 97.1 cm³/mol. The summed E-state index contributed by atoms with van der Waals surface area (Å²) in [5.74, 6) is -0.662. The van der Waals surface area contributed by atoms with Crippen LogP contribution in [0.25, 0.3) is 0 Å². The topological polar surface area (TPSA) is 90.0 Å². The van der Waals surface area contributed by atoms with Gasteiger partial charge in [0.05, 0.1) is 5.92 Å². The largest absolute Gasteiger partial charge is 0.481 e. The smallest absolute Gasteiger partial charge is 0.321 e. The third-order valence-corrected chi connectivity index (χ3v) is 5.28. The molecule has 2 aliphatic heterocycles. The highest BCUT2D eigenvalue weighted by atomic mass is 16.4. The minimum absolute atomic E-state index is 0.0265. The van der Waals surface area contributed by atoms with Crippen molar-refractivity contribution in [3.8, 4) is 0 Å². The van der Waals surface area contributed by atoms with Crippen LogP contribution in [-0.4, -0.2) is 59.0 Å². The number of carbonyl (C=O) groups excluding carboxylic acids is 2. The average molecular weight is 359 g/mol. The summed E-state index contributed by atoms with van der Waals surface area (Å²) >= 11 is 0. The fourth-order valence-corrected chi connectivity index (χ4v) is 3.44. The number of hydrogen-bond acceptors (Lipinski definition) is 3. The number of nitrogens with one attached hydrogen (secondary N) is 1. The fraction of sp³-hybridized carbons (Fsp3) is 0.526. The summed E-state index contributed by atoms with van der Waals surface area (Å²) < 4.78 is 0. The number of rotatable bonds is 3. The Hall–Kier alpha value is -2.57. The number of anilines is 1. The zero-order valence-corrected chi connectivity index (χ0v) is 15.0. The number of hydrogen-bond donors (Lipinski definition) is 2. The van der Waals surface area contributed by atoms with Crippen molar-refractivity contribution in [2.45, 2.75) is 26.2 Å². The average Bonchev–Trinajstić information content (AvgIpc) is 3.13. The molecule has 0 spiro atoms. The van der Waals surface area contributed by atoms with Gasteiger partial charge in [0.25, 0.3) is 5.91 Å². The lowest BCUT2D eigenvalue weighted by Crippen LogP contribution is -2.37. The summed E-state index contributed by atoms with van der Waals surface area (Å²) in [6.07, 6.45) is 2.55. The van der Waals surface area contributed by atoms with Crippen molar-refractivity contribution in [3.63, 3.8) is 0 Å². The number of aliphatic carboxylic acids is 1. The van der Waals surface area contributed by atoms with E-state index in [1.165, 1.54) is 4.90 Å². The predicted octanol–water partition coefficient (Wildman–Crippen LogP) is 2.50. The monoisotopic (exact) mass is 359 g/mol. The number of amides is 3. The van der Waals surface area contributed by atoms with Crippen molar-refractivity contribution in [3.05, 3.63) is 29.8 Å². The number of carboxylic acids is 1. The second kappa shape index (κ2) is 7.76. The van der Waals surface area contributed by atoms with E-state index in [0.717, 1.165) is 25.9 Å². The molecule has 2 saturated heterocycles. The van der Waals surface area contributed by atoms with Crippen LogP contribution in [0.15, 0.2) is 24.3 Å². The third kappa shape index (κ3) is 4.15. The standard InChI is InChI=1S/C19H25N3O4/c1-13-6-9-21(10-7-13)17(23)14-2-4-16(5-3-14)20-19(26)22-11-8-15(12-22)18(24)25/h2-5,13,15H,6-12H2,1H3,(H,20,26)(H,24,25). The molecular weight excluding hydrogens is 334 g/mol. The molecule has 0 aromatic heterocycles. The van der Waals surface area contributed by atoms with Crippen molar-refractivity contribution >= 4 is 23.6 Å². The summed E-state index contributed by atoms with van der Waals surface area (Å²) in [7, 11) is 0. The van der Waals surface area contributed by atoms with E-state index in [0.29, 0.717) is 30.1 Å². The van der Waals surface area contributed by atoms with Crippen molar-refractivity contribution in [2.75, 3.05) is 31.5 Å². The molecule has 0 bridgehead atoms. The van der Waals surface area contributed by atoms with Crippen molar-refractivity contribution in [1.82, 2.24) is 9.80 Å². The maximum absolute atomic E-state index is 12.5. The van der Waals surface area contributed by atoms with Gasteiger partial charge in [0.2, 0.25) is 0 Å². The zero-order chi connectivity index (χ0) is 18.7. The van der Waals surface area contributed by atoms with E-state index in [9.17, 15) is 14.4 Å². The molecule has 7 heteroatoms. The Balaban J connectivity index is 1.55. The van der Waals surface area contributed by atoms with Gasteiger partial charge in [-0.2, -0.15) is 0 Å². The molecule has 140 valence electrons. The molecule has 1 aromatic carbocycles. The van der Waals surface area contributed by atoms with Crippen LogP contribution in [0.5, 0.6) is 0 Å². The van der Waals surface area contributed by atoms with E-state index < -0.39 is 11.9 Å². The van der Waals surface area contributed by atoms with Crippen LogP contribution in [0.3, 0.4) is 0 Å². The van der Waals surface area contributed by atoms with Gasteiger partial charge in [-0.05, 0) is 49.4 Å². The minimum Gasteiger partial charge on any atom is -0.481 e. The Kier molecular flexibility index (Phi) is 5.44. The Morgan fingerprint density at radius 3 is 2.19 bits per heavy atom. The molecule has 0 aliphatic carbocycles. The van der Waals surface area contributed by atoms with Crippen LogP contribution in [0.4, 0.5) is 10.5 Å². The lowest BCUT2D eigenvalue weighted by Gasteiger charge is -2.30. The van der Waals surface area contributed by atoms with Crippen molar-refractivity contribution in [2.24, 2.45) is 11.8 Å². The summed E-state index contributed by atoms with van der Waals surface area (Å²) in [5.41, 5.74) is 1.21. The maximum Gasteiger partial charge on any atom is 0.321 e. The Morgan fingerprint density at radius 1 is 1.00 bits per heavy atom. The molecule has 3 amide bonds. The molecule has 2 aliphatic rings. The summed E-state index contributed by atoms with van der Waals surface area (Å²) in [5, 5.41) is 11.8. The van der Waals surface area contributed by atoms with E-state index >= 15 is 0 Å². The zero-order valence-electron chi connectivity index (χ0n) is 15.0. The first kappa shape index (κ1) is 18.2. The van der Waals surface area contributed by atoms with E-state index in [2.05, 4.69) is 12.2 Å². The number of urea groups is 1. The van der Waals surface area contributed by atoms with Crippen LogP contribution in [0.2, 0.25) is 0 Å². The quantitative estimate of drug-likeness (QED) is 0.868. The third-order valence-electron chi connectivity index (χ3n) is 5.28. The van der Waals surface area contributed by atoms with Gasteiger partial charge in [-0.15, -0.1) is 0 Å². The Labute approximate surface area is 153 Å². The molecule has 1 atom stereocenters. The van der Waals surface area contributed by atoms with Gasteiger partial charge < -0.3 is 20.2 Å². The van der Waals surface area contributed by atoms with E-state index in [4.69, 9.17) is 5.11 Å². The second-order valence-corrected chi connectivity index (χ2v) is 7.25. The summed E-state index contributed by atoms with van der Waals surface area (Å²) in [6, 6.07) is 6.56. The van der Waals surface area contributed by atoms with Crippen molar-refractivity contribution < 1.29 is 19.5 Å². The lowest BCUT2D eigenvalue weighted by molar-refractivity contribution is -0.141. The van der Waals surface area contributed by atoms with E-state index in [1.807, 2.05) is 4.90 Å². The van der Waals surface area contributed by atoms with Crippen LogP contribution in [0.1, 0.15) is 36.5 Å². The Morgan fingerprint density at radius 2 is 1.62 bits per heavy atom. The highest BCUT2D eigenvalue weighted by Crippen LogP contribution is 2.20.